The molecular formula is C67H92O6P2S. The monoisotopic (exact) mass is 1090 g/mol. The lowest BCUT2D eigenvalue weighted by atomic mass is 9.71. The molecule has 0 aliphatic heterocycles. The molecule has 76 heavy (non-hydrogen) atoms. The second-order valence-electron chi connectivity index (χ2n) is 26.7. The van der Waals surface area contributed by atoms with Crippen LogP contribution in [0.1, 0.15) is 167 Å². The molecule has 0 aromatic heterocycles. The van der Waals surface area contributed by atoms with Gasteiger partial charge in [-0.05, 0) is 139 Å². The smallest absolute Gasteiger partial charge is 0.426 e. The molecule has 0 N–H and O–H groups in total. The molecule has 3 atom stereocenters. The minimum absolute atomic E-state index is 0.0419. The summed E-state index contributed by atoms with van der Waals surface area (Å²) in [5, 5.41) is 0. The molecule has 0 saturated heterocycles. The average molecular weight is 1090 g/mol. The van der Waals surface area contributed by atoms with E-state index < -0.39 is 17.2 Å². The summed E-state index contributed by atoms with van der Waals surface area (Å²) in [7, 11) is -3.85. The summed E-state index contributed by atoms with van der Waals surface area (Å²) in [5.41, 5.74) is 6.50. The van der Waals surface area contributed by atoms with Crippen LogP contribution in [-0.2, 0) is 25.4 Å². The molecule has 9 heteroatoms. The maximum absolute atomic E-state index is 6.83. The van der Waals surface area contributed by atoms with Gasteiger partial charge in [-0.1, -0.05) is 215 Å². The van der Waals surface area contributed by atoms with Crippen molar-refractivity contribution in [3.05, 3.63) is 155 Å². The second kappa shape index (κ2) is 27.5. The predicted octanol–water partition coefficient (Wildman–Crippen LogP) is 20.1. The van der Waals surface area contributed by atoms with Crippen LogP contribution < -0.4 is 13.6 Å². The van der Waals surface area contributed by atoms with Crippen molar-refractivity contribution in [1.82, 2.24) is 0 Å². The van der Waals surface area contributed by atoms with Gasteiger partial charge in [0.05, 0.1) is 13.2 Å². The predicted molar refractivity (Wildman–Crippen MR) is 328 cm³/mol. The summed E-state index contributed by atoms with van der Waals surface area (Å²) in [4.78, 5) is 0.706. The van der Waals surface area contributed by atoms with Crippen molar-refractivity contribution in [2.24, 2.45) is 32.5 Å². The van der Waals surface area contributed by atoms with Crippen molar-refractivity contribution < 1.29 is 27.1 Å². The Kier molecular flexibility index (Phi) is 23.3. The molecule has 0 radical (unpaired) electrons. The van der Waals surface area contributed by atoms with Gasteiger partial charge < -0.3 is 18.1 Å². The van der Waals surface area contributed by atoms with Gasteiger partial charge in [-0.25, -0.2) is 0 Å². The standard InChI is InChI=1S/C67H92O6P2S/c1-21-30-52(64(12,13)14)35-29-43-69-75(73-59-41-39-55(46-60(59)76)67(19,20)49-63(9,10)11)72-58-37-26-24-33-51(58)44-50-32-23-25-36-57(50)71-74(70-56-40-38-54(45-56)66(17,18)48-62(6,7)8)68-42-28-27-34-53(31-22-2)65(15,16)47-61(3,4)5/h1-2,23-27,29-41,45-46,56,76H,28,42-44,47-49H2,3-20H3/b34-27-,35-29-,52-30+,53-31+. The van der Waals surface area contributed by atoms with Gasteiger partial charge in [-0.3, -0.25) is 9.05 Å². The summed E-state index contributed by atoms with van der Waals surface area (Å²) in [5.74, 6) is 7.29. The zero-order valence-electron chi connectivity index (χ0n) is 49.5. The van der Waals surface area contributed by atoms with Crippen LogP contribution in [0.25, 0.3) is 0 Å². The van der Waals surface area contributed by atoms with Gasteiger partial charge in [0.25, 0.3) is 0 Å². The summed E-state index contributed by atoms with van der Waals surface area (Å²) in [6.45, 7) is 41.1. The van der Waals surface area contributed by atoms with Crippen LogP contribution in [0.3, 0.4) is 0 Å². The molecule has 0 spiro atoms. The molecule has 412 valence electrons. The zero-order valence-corrected chi connectivity index (χ0v) is 52.2. The molecule has 0 amide bonds. The molecule has 3 aromatic carbocycles. The molecule has 3 aromatic rings. The minimum atomic E-state index is -1.99. The molecule has 0 bridgehead atoms. The van der Waals surface area contributed by atoms with E-state index in [0.29, 0.717) is 41.6 Å². The molecule has 0 fully saturated rings. The van der Waals surface area contributed by atoms with Gasteiger partial charge >= 0.3 is 17.2 Å². The van der Waals surface area contributed by atoms with Gasteiger partial charge in [0.2, 0.25) is 0 Å². The fourth-order valence-electron chi connectivity index (χ4n) is 10.3. The summed E-state index contributed by atoms with van der Waals surface area (Å²) in [6, 6.07) is 22.2. The highest BCUT2D eigenvalue weighted by molar-refractivity contribution is 7.80. The summed E-state index contributed by atoms with van der Waals surface area (Å²) >= 11 is 4.95. The third kappa shape index (κ3) is 21.9. The van der Waals surface area contributed by atoms with Crippen molar-refractivity contribution in [2.45, 2.75) is 173 Å². The molecule has 3 unspecified atom stereocenters. The molecule has 1 aliphatic rings. The van der Waals surface area contributed by atoms with E-state index in [1.165, 1.54) is 11.1 Å². The number of benzene rings is 3. The van der Waals surface area contributed by atoms with Crippen molar-refractivity contribution in [1.29, 1.82) is 0 Å². The van der Waals surface area contributed by atoms with Crippen LogP contribution in [0, 0.1) is 57.2 Å². The number of terminal acetylenes is 2. The van der Waals surface area contributed by atoms with Crippen molar-refractivity contribution >= 4 is 29.8 Å². The van der Waals surface area contributed by atoms with E-state index in [2.05, 4.69) is 191 Å². The average Bonchev–Trinajstić information content (AvgIpc) is 3.75. The Morgan fingerprint density at radius 3 is 1.68 bits per heavy atom. The third-order valence-electron chi connectivity index (χ3n) is 12.8. The lowest BCUT2D eigenvalue weighted by Crippen LogP contribution is -2.24. The van der Waals surface area contributed by atoms with E-state index >= 15 is 0 Å². The maximum Gasteiger partial charge on any atom is 0.463 e. The van der Waals surface area contributed by atoms with E-state index in [4.69, 9.17) is 52.6 Å². The van der Waals surface area contributed by atoms with Crippen molar-refractivity contribution in [3.8, 4) is 41.9 Å². The van der Waals surface area contributed by atoms with Crippen LogP contribution in [0.2, 0.25) is 0 Å². The Morgan fingerprint density at radius 1 is 0.605 bits per heavy atom. The SMILES string of the molecule is C#C/C=C(\C=C/COP(Oc1ccc(C(C)(C)CC(C)(C)C)cc1S)Oc1ccccc1Cc1ccccc1OP(OCC/C=C\C(=C/C#C)C(C)(C)CC(C)(C)C)OC1C=CC(C(C)(C)CC(C)(C)C)=C1)C(C)(C)C. The van der Waals surface area contributed by atoms with E-state index in [1.54, 1.807) is 6.08 Å². The number of thiol groups is 1. The first-order chi connectivity index (χ1) is 35.2. The summed E-state index contributed by atoms with van der Waals surface area (Å²) in [6.07, 6.45) is 33.7. The number of hydrogen-bond donors (Lipinski definition) is 1. The quantitative estimate of drug-likeness (QED) is 0.0300. The first-order valence-electron chi connectivity index (χ1n) is 26.8. The fraction of sp³-hybridized carbons (Fsp3) is 0.493. The Morgan fingerprint density at radius 2 is 1.13 bits per heavy atom. The topological polar surface area (TPSA) is 55.4 Å². The number of allylic oxidation sites excluding steroid dienone is 8. The second-order valence-corrected chi connectivity index (χ2v) is 29.4. The van der Waals surface area contributed by atoms with Gasteiger partial charge in [-0.15, -0.1) is 25.5 Å². The molecule has 1 aliphatic carbocycles. The zero-order chi connectivity index (χ0) is 56.8. The molecule has 0 saturated carbocycles. The Labute approximate surface area is 470 Å². The van der Waals surface area contributed by atoms with Crippen molar-refractivity contribution in [3.63, 3.8) is 0 Å². The Bertz CT molecular complexity index is 2660. The van der Waals surface area contributed by atoms with Gasteiger partial charge in [0.1, 0.15) is 23.4 Å². The van der Waals surface area contributed by atoms with Crippen LogP contribution in [-0.4, -0.2) is 19.3 Å². The molecule has 4 rings (SSSR count). The van der Waals surface area contributed by atoms with Crippen LogP contribution in [0.4, 0.5) is 0 Å². The maximum atomic E-state index is 6.83. The van der Waals surface area contributed by atoms with Crippen LogP contribution >= 0.6 is 29.8 Å². The summed E-state index contributed by atoms with van der Waals surface area (Å²) < 4.78 is 40.0. The molecular weight excluding hydrogens is 995 g/mol. The third-order valence-corrected chi connectivity index (χ3v) is 15.3. The van der Waals surface area contributed by atoms with Gasteiger partial charge in [-0.2, -0.15) is 0 Å². The highest BCUT2D eigenvalue weighted by Gasteiger charge is 2.33. The van der Waals surface area contributed by atoms with Gasteiger partial charge in [0, 0.05) is 11.3 Å². The van der Waals surface area contributed by atoms with Crippen LogP contribution in [0.5, 0.6) is 17.2 Å². The molecule has 6 nitrogen and oxygen atoms in total. The van der Waals surface area contributed by atoms with E-state index in [1.807, 2.05) is 60.7 Å². The van der Waals surface area contributed by atoms with Gasteiger partial charge in [0.15, 0.2) is 0 Å². The minimum Gasteiger partial charge on any atom is -0.426 e. The first kappa shape index (κ1) is 64.2. The van der Waals surface area contributed by atoms with E-state index in [-0.39, 0.29) is 50.6 Å². The number of rotatable bonds is 25. The van der Waals surface area contributed by atoms with E-state index in [9.17, 15) is 0 Å². The fourth-order valence-corrected chi connectivity index (χ4v) is 12.7. The largest absolute Gasteiger partial charge is 0.463 e. The number of para-hydroxylation sites is 2. The van der Waals surface area contributed by atoms with Crippen LogP contribution in [0.15, 0.2) is 143 Å². The lowest BCUT2D eigenvalue weighted by Gasteiger charge is -2.33. The Hall–Kier alpha value is -4.29. The molecule has 0 heterocycles. The lowest BCUT2D eigenvalue weighted by molar-refractivity contribution is 0.196. The number of hydrogen-bond acceptors (Lipinski definition) is 7. The highest BCUT2D eigenvalue weighted by atomic mass is 32.1. The Balaban J connectivity index is 1.65. The highest BCUT2D eigenvalue weighted by Crippen LogP contribution is 2.49. The van der Waals surface area contributed by atoms with Crippen molar-refractivity contribution in [2.75, 3.05) is 13.2 Å². The van der Waals surface area contributed by atoms with E-state index in [0.717, 1.165) is 41.5 Å². The first-order valence-corrected chi connectivity index (χ1v) is 29.5. The normalized spacial score (nSPS) is 16.2.